The number of thioether (sulfide) groups is 1. The lowest BCUT2D eigenvalue weighted by atomic mass is 10.2. The maximum absolute atomic E-state index is 6.06. The number of ether oxygens (including phenoxy) is 1. The zero-order valence-corrected chi connectivity index (χ0v) is 17.9. The maximum Gasteiger partial charge on any atom is 0.191 e. The van der Waals surface area contributed by atoms with E-state index in [4.69, 9.17) is 16.3 Å². The second-order valence-corrected chi connectivity index (χ2v) is 8.28. The van der Waals surface area contributed by atoms with Crippen LogP contribution in [0.1, 0.15) is 30.0 Å². The summed E-state index contributed by atoms with van der Waals surface area (Å²) in [6, 6.07) is 13.9. The van der Waals surface area contributed by atoms with E-state index in [0.29, 0.717) is 5.02 Å². The van der Waals surface area contributed by atoms with Crippen molar-refractivity contribution in [3.63, 3.8) is 0 Å². The molecule has 1 aromatic heterocycles. The van der Waals surface area contributed by atoms with Crippen LogP contribution in [0.2, 0.25) is 5.02 Å². The molecular formula is C19H19BrClN3OS. The Morgan fingerprint density at radius 1 is 1.23 bits per heavy atom. The van der Waals surface area contributed by atoms with Crippen LogP contribution in [-0.2, 0) is 12.8 Å². The molecule has 0 fully saturated rings. The summed E-state index contributed by atoms with van der Waals surface area (Å²) in [6.45, 7) is 3.95. The highest BCUT2D eigenvalue weighted by Crippen LogP contribution is 2.28. The molecule has 0 saturated heterocycles. The summed E-state index contributed by atoms with van der Waals surface area (Å²) in [7, 11) is 1.97. The van der Waals surface area contributed by atoms with Gasteiger partial charge in [-0.05, 0) is 55.3 Å². The predicted molar refractivity (Wildman–Crippen MR) is 110 cm³/mol. The largest absolute Gasteiger partial charge is 0.482 e. The highest BCUT2D eigenvalue weighted by Gasteiger charge is 2.18. The molecule has 0 saturated carbocycles. The summed E-state index contributed by atoms with van der Waals surface area (Å²) < 4.78 is 9.12. The van der Waals surface area contributed by atoms with Gasteiger partial charge in [0, 0.05) is 22.3 Å². The molecule has 2 aromatic carbocycles. The highest BCUT2D eigenvalue weighted by molar-refractivity contribution is 9.10. The normalized spacial score (nSPS) is 12.2. The summed E-state index contributed by atoms with van der Waals surface area (Å²) in [5.74, 6) is 2.42. The van der Waals surface area contributed by atoms with E-state index in [1.807, 2.05) is 55.8 Å². The third-order valence-electron chi connectivity index (χ3n) is 3.93. The standard InChI is InChI=1S/C19H19BrClN3OS/c1-12-9-16(21)7-8-17(12)25-13(2)18-22-23-19(24(18)3)26-11-14-5-4-6-15(20)10-14/h4-10,13H,11H2,1-3H3. The fraction of sp³-hybridized carbons (Fsp3) is 0.263. The quantitative estimate of drug-likeness (QED) is 0.432. The van der Waals surface area contributed by atoms with Gasteiger partial charge in [0.15, 0.2) is 17.1 Å². The molecule has 0 radical (unpaired) electrons. The van der Waals surface area contributed by atoms with Gasteiger partial charge in [-0.3, -0.25) is 0 Å². The minimum Gasteiger partial charge on any atom is -0.482 e. The fourth-order valence-electron chi connectivity index (χ4n) is 2.57. The maximum atomic E-state index is 6.06. The predicted octanol–water partition coefficient (Wildman–Crippen LogP) is 5.97. The van der Waals surface area contributed by atoms with Crippen molar-refractivity contribution in [2.45, 2.75) is 30.9 Å². The summed E-state index contributed by atoms with van der Waals surface area (Å²) >= 11 is 11.2. The highest BCUT2D eigenvalue weighted by atomic mass is 79.9. The minimum absolute atomic E-state index is 0.215. The lowest BCUT2D eigenvalue weighted by molar-refractivity contribution is 0.210. The van der Waals surface area contributed by atoms with Gasteiger partial charge in [0.25, 0.3) is 0 Å². The number of nitrogens with zero attached hydrogens (tertiary/aromatic N) is 3. The minimum atomic E-state index is -0.215. The Morgan fingerprint density at radius 2 is 2.04 bits per heavy atom. The van der Waals surface area contributed by atoms with Crippen LogP contribution in [0.25, 0.3) is 0 Å². The Balaban J connectivity index is 1.69. The molecule has 0 N–H and O–H groups in total. The fourth-order valence-corrected chi connectivity index (χ4v) is 4.10. The summed E-state index contributed by atoms with van der Waals surface area (Å²) in [5, 5.41) is 10.2. The second-order valence-electron chi connectivity index (χ2n) is 5.99. The average molecular weight is 453 g/mol. The van der Waals surface area contributed by atoms with Gasteiger partial charge >= 0.3 is 0 Å². The number of hydrogen-bond donors (Lipinski definition) is 0. The van der Waals surface area contributed by atoms with Gasteiger partial charge in [-0.15, -0.1) is 10.2 Å². The first-order valence-corrected chi connectivity index (χ1v) is 10.3. The summed E-state index contributed by atoms with van der Waals surface area (Å²) in [4.78, 5) is 0. The van der Waals surface area contributed by atoms with Crippen molar-refractivity contribution in [3.8, 4) is 5.75 Å². The number of hydrogen-bond acceptors (Lipinski definition) is 4. The lowest BCUT2D eigenvalue weighted by Crippen LogP contribution is -2.10. The molecule has 0 spiro atoms. The van der Waals surface area contributed by atoms with Gasteiger partial charge in [0.05, 0.1) is 0 Å². The van der Waals surface area contributed by atoms with Gasteiger partial charge in [0.2, 0.25) is 0 Å². The molecule has 0 bridgehead atoms. The Morgan fingerprint density at radius 3 is 2.77 bits per heavy atom. The van der Waals surface area contributed by atoms with Crippen LogP contribution in [0.3, 0.4) is 0 Å². The van der Waals surface area contributed by atoms with Gasteiger partial charge in [-0.1, -0.05) is 51.4 Å². The molecule has 0 amide bonds. The van der Waals surface area contributed by atoms with E-state index < -0.39 is 0 Å². The lowest BCUT2D eigenvalue weighted by Gasteiger charge is -2.16. The third kappa shape index (κ3) is 4.61. The average Bonchev–Trinajstić information content (AvgIpc) is 2.96. The monoisotopic (exact) mass is 451 g/mol. The first-order chi connectivity index (χ1) is 12.4. The van der Waals surface area contributed by atoms with Crippen molar-refractivity contribution in [2.75, 3.05) is 0 Å². The molecule has 26 heavy (non-hydrogen) atoms. The molecule has 3 aromatic rings. The van der Waals surface area contributed by atoms with E-state index >= 15 is 0 Å². The molecule has 7 heteroatoms. The molecule has 4 nitrogen and oxygen atoms in total. The third-order valence-corrected chi connectivity index (χ3v) is 5.75. The molecule has 136 valence electrons. The van der Waals surface area contributed by atoms with E-state index in [2.05, 4.69) is 38.3 Å². The van der Waals surface area contributed by atoms with E-state index in [1.165, 1.54) is 5.56 Å². The van der Waals surface area contributed by atoms with Gasteiger partial charge in [0.1, 0.15) is 5.75 Å². The molecule has 0 aliphatic rings. The van der Waals surface area contributed by atoms with Crippen molar-refractivity contribution in [2.24, 2.45) is 7.05 Å². The van der Waals surface area contributed by atoms with Gasteiger partial charge in [-0.25, -0.2) is 0 Å². The van der Waals surface area contributed by atoms with Crippen LogP contribution in [0.4, 0.5) is 0 Å². The van der Waals surface area contributed by atoms with E-state index in [9.17, 15) is 0 Å². The Labute approximate surface area is 171 Å². The molecule has 1 atom stereocenters. The van der Waals surface area contributed by atoms with Crippen LogP contribution in [0, 0.1) is 6.92 Å². The van der Waals surface area contributed by atoms with Gasteiger partial charge in [-0.2, -0.15) is 0 Å². The van der Waals surface area contributed by atoms with Crippen molar-refractivity contribution in [1.82, 2.24) is 14.8 Å². The topological polar surface area (TPSA) is 39.9 Å². The van der Waals surface area contributed by atoms with Crippen molar-refractivity contribution >= 4 is 39.3 Å². The van der Waals surface area contributed by atoms with E-state index in [1.54, 1.807) is 11.8 Å². The first kappa shape index (κ1) is 19.3. The van der Waals surface area contributed by atoms with Crippen LogP contribution >= 0.6 is 39.3 Å². The number of halogens is 2. The van der Waals surface area contributed by atoms with Crippen LogP contribution in [0.15, 0.2) is 52.1 Å². The molecule has 1 unspecified atom stereocenters. The number of benzene rings is 2. The number of aryl methyl sites for hydroxylation is 1. The number of rotatable bonds is 6. The second kappa shape index (κ2) is 8.46. The first-order valence-electron chi connectivity index (χ1n) is 8.13. The van der Waals surface area contributed by atoms with Crippen LogP contribution in [-0.4, -0.2) is 14.8 Å². The Kier molecular flexibility index (Phi) is 6.27. The summed E-state index contributed by atoms with van der Waals surface area (Å²) in [6.07, 6.45) is -0.215. The summed E-state index contributed by atoms with van der Waals surface area (Å²) in [5.41, 5.74) is 2.23. The SMILES string of the molecule is Cc1cc(Cl)ccc1OC(C)c1nnc(SCc2cccc(Br)c2)n1C. The van der Waals surface area contributed by atoms with E-state index in [-0.39, 0.29) is 6.10 Å². The Hall–Kier alpha value is -1.50. The zero-order valence-electron chi connectivity index (χ0n) is 14.7. The van der Waals surface area contributed by atoms with Crippen molar-refractivity contribution in [3.05, 3.63) is 68.9 Å². The zero-order chi connectivity index (χ0) is 18.7. The molecule has 3 rings (SSSR count). The van der Waals surface area contributed by atoms with Gasteiger partial charge < -0.3 is 9.30 Å². The smallest absolute Gasteiger partial charge is 0.191 e. The molecular weight excluding hydrogens is 434 g/mol. The van der Waals surface area contributed by atoms with E-state index in [0.717, 1.165) is 32.5 Å². The molecule has 0 aliphatic heterocycles. The Bertz CT molecular complexity index is 916. The van der Waals surface area contributed by atoms with Crippen molar-refractivity contribution < 1.29 is 4.74 Å². The van der Waals surface area contributed by atoms with Crippen molar-refractivity contribution in [1.29, 1.82) is 0 Å². The van der Waals surface area contributed by atoms with Crippen LogP contribution in [0.5, 0.6) is 5.75 Å². The van der Waals surface area contributed by atoms with Crippen LogP contribution < -0.4 is 4.74 Å². The number of aromatic nitrogens is 3. The molecule has 1 heterocycles. The molecule has 0 aliphatic carbocycles.